The van der Waals surface area contributed by atoms with Crippen molar-refractivity contribution in [3.63, 3.8) is 0 Å². The Kier molecular flexibility index (Phi) is 5.89. The first kappa shape index (κ1) is 18.8. The van der Waals surface area contributed by atoms with Crippen molar-refractivity contribution in [3.8, 4) is 0 Å². The second kappa shape index (κ2) is 8.14. The van der Waals surface area contributed by atoms with Crippen LogP contribution in [-0.2, 0) is 0 Å². The van der Waals surface area contributed by atoms with Crippen molar-refractivity contribution in [1.29, 1.82) is 0 Å². The smallest absolute Gasteiger partial charge is 0.229 e. The number of anilines is 4. The fraction of sp³-hybridized carbons (Fsp3) is 0.267. The summed E-state index contributed by atoms with van der Waals surface area (Å²) in [6.45, 7) is 2.00. The molecule has 0 amide bonds. The Balaban J connectivity index is 1.70. The standard InChI is InChI=1S/C15H17BrN8S2/c1-8(11-19-12(17)21-13(20-11)24(2)3)25-15-23-22-14(26-15)18-10-6-4-5-9(16)7-10/h4-8H,1-3H3,(H,18,22)(H2,17,19,20,21). The largest absolute Gasteiger partial charge is 0.368 e. The number of aromatic nitrogens is 5. The molecule has 1 atom stereocenters. The third-order valence-electron chi connectivity index (χ3n) is 3.18. The molecule has 0 radical (unpaired) electrons. The Morgan fingerprint density at radius 2 is 2.04 bits per heavy atom. The van der Waals surface area contributed by atoms with Crippen LogP contribution in [0.15, 0.2) is 33.1 Å². The zero-order valence-corrected chi connectivity index (χ0v) is 17.6. The highest BCUT2D eigenvalue weighted by Crippen LogP contribution is 2.37. The molecule has 0 bridgehead atoms. The van der Waals surface area contributed by atoms with Crippen molar-refractivity contribution >= 4 is 61.7 Å². The molecule has 2 heterocycles. The molecule has 3 aromatic rings. The maximum Gasteiger partial charge on any atom is 0.229 e. The summed E-state index contributed by atoms with van der Waals surface area (Å²) >= 11 is 6.45. The van der Waals surface area contributed by atoms with Gasteiger partial charge in [0.25, 0.3) is 0 Å². The molecule has 0 saturated heterocycles. The van der Waals surface area contributed by atoms with E-state index in [1.165, 1.54) is 23.1 Å². The summed E-state index contributed by atoms with van der Waals surface area (Å²) in [6.07, 6.45) is 0. The Hall–Kier alpha value is -1.98. The van der Waals surface area contributed by atoms with Crippen LogP contribution in [0.25, 0.3) is 0 Å². The van der Waals surface area contributed by atoms with Gasteiger partial charge in [0, 0.05) is 24.3 Å². The van der Waals surface area contributed by atoms with Gasteiger partial charge in [-0.15, -0.1) is 10.2 Å². The van der Waals surface area contributed by atoms with Gasteiger partial charge in [-0.3, -0.25) is 0 Å². The number of nitrogen functional groups attached to an aromatic ring is 1. The Labute approximate surface area is 167 Å². The number of nitrogens with two attached hydrogens (primary N) is 1. The van der Waals surface area contributed by atoms with Gasteiger partial charge in [-0.05, 0) is 25.1 Å². The van der Waals surface area contributed by atoms with E-state index in [1.807, 2.05) is 45.3 Å². The van der Waals surface area contributed by atoms with Crippen LogP contribution in [0.1, 0.15) is 18.0 Å². The predicted octanol–water partition coefficient (Wildman–Crippen LogP) is 3.73. The number of benzene rings is 1. The lowest BCUT2D eigenvalue weighted by Gasteiger charge is -2.13. The third-order valence-corrected chi connectivity index (χ3v) is 5.69. The average molecular weight is 453 g/mol. The van der Waals surface area contributed by atoms with Crippen LogP contribution < -0.4 is 16.0 Å². The van der Waals surface area contributed by atoms with E-state index in [0.717, 1.165) is 19.6 Å². The molecule has 26 heavy (non-hydrogen) atoms. The molecule has 0 aliphatic rings. The van der Waals surface area contributed by atoms with Gasteiger partial charge in [0.2, 0.25) is 17.0 Å². The molecule has 0 fully saturated rings. The van der Waals surface area contributed by atoms with Gasteiger partial charge in [-0.25, -0.2) is 0 Å². The number of hydrogen-bond donors (Lipinski definition) is 2. The Morgan fingerprint density at radius 1 is 1.23 bits per heavy atom. The minimum atomic E-state index is -0.0364. The molecule has 1 aromatic carbocycles. The Bertz CT molecular complexity index is 901. The molecule has 0 saturated carbocycles. The highest BCUT2D eigenvalue weighted by Gasteiger charge is 2.17. The second-order valence-electron chi connectivity index (χ2n) is 5.51. The van der Waals surface area contributed by atoms with Gasteiger partial charge >= 0.3 is 0 Å². The van der Waals surface area contributed by atoms with E-state index in [1.54, 1.807) is 4.90 Å². The van der Waals surface area contributed by atoms with Crippen LogP contribution in [0.5, 0.6) is 0 Å². The molecule has 0 spiro atoms. The van der Waals surface area contributed by atoms with Crippen molar-refractivity contribution in [2.24, 2.45) is 0 Å². The highest BCUT2D eigenvalue weighted by atomic mass is 79.9. The van der Waals surface area contributed by atoms with Crippen LogP contribution in [0.2, 0.25) is 0 Å². The normalized spacial score (nSPS) is 12.0. The fourth-order valence-corrected chi connectivity index (χ4v) is 4.34. The lowest BCUT2D eigenvalue weighted by molar-refractivity contribution is 0.863. The van der Waals surface area contributed by atoms with Crippen molar-refractivity contribution in [3.05, 3.63) is 34.6 Å². The fourth-order valence-electron chi connectivity index (χ4n) is 1.98. The van der Waals surface area contributed by atoms with E-state index in [2.05, 4.69) is 46.4 Å². The zero-order valence-electron chi connectivity index (χ0n) is 14.3. The number of nitrogens with zero attached hydrogens (tertiary/aromatic N) is 6. The van der Waals surface area contributed by atoms with E-state index >= 15 is 0 Å². The van der Waals surface area contributed by atoms with E-state index in [-0.39, 0.29) is 11.2 Å². The number of hydrogen-bond acceptors (Lipinski definition) is 10. The molecular weight excluding hydrogens is 436 g/mol. The Morgan fingerprint density at radius 3 is 2.77 bits per heavy atom. The molecule has 0 aliphatic carbocycles. The summed E-state index contributed by atoms with van der Waals surface area (Å²) in [5.41, 5.74) is 6.74. The number of thioether (sulfide) groups is 1. The summed E-state index contributed by atoms with van der Waals surface area (Å²) in [7, 11) is 3.72. The van der Waals surface area contributed by atoms with Gasteiger partial charge in [0.05, 0.1) is 5.25 Å². The molecule has 136 valence electrons. The van der Waals surface area contributed by atoms with Crippen molar-refractivity contribution in [2.45, 2.75) is 16.5 Å². The first-order chi connectivity index (χ1) is 12.4. The van der Waals surface area contributed by atoms with Gasteiger partial charge in [-0.2, -0.15) is 15.0 Å². The van der Waals surface area contributed by atoms with Gasteiger partial charge in [-0.1, -0.05) is 45.1 Å². The summed E-state index contributed by atoms with van der Waals surface area (Å²) in [5.74, 6) is 1.36. The number of rotatable bonds is 6. The molecule has 11 heteroatoms. The molecule has 2 aromatic heterocycles. The lowest BCUT2D eigenvalue weighted by Crippen LogP contribution is -2.16. The highest BCUT2D eigenvalue weighted by molar-refractivity contribution is 9.10. The van der Waals surface area contributed by atoms with Crippen molar-refractivity contribution in [1.82, 2.24) is 25.1 Å². The predicted molar refractivity (Wildman–Crippen MR) is 110 cm³/mol. The topological polar surface area (TPSA) is 106 Å². The van der Waals surface area contributed by atoms with E-state index in [9.17, 15) is 0 Å². The van der Waals surface area contributed by atoms with Gasteiger partial charge < -0.3 is 16.0 Å². The van der Waals surface area contributed by atoms with Crippen molar-refractivity contribution < 1.29 is 0 Å². The number of halogens is 1. The summed E-state index contributed by atoms with van der Waals surface area (Å²) < 4.78 is 1.82. The van der Waals surface area contributed by atoms with Gasteiger partial charge in [0.15, 0.2) is 4.34 Å². The van der Waals surface area contributed by atoms with E-state index in [4.69, 9.17) is 5.73 Å². The lowest BCUT2D eigenvalue weighted by atomic mass is 10.3. The van der Waals surface area contributed by atoms with Crippen LogP contribution in [0.3, 0.4) is 0 Å². The molecular formula is C15H17BrN8S2. The van der Waals surface area contributed by atoms with Gasteiger partial charge in [0.1, 0.15) is 5.82 Å². The SMILES string of the molecule is CC(Sc1nnc(Nc2cccc(Br)c2)s1)c1nc(N)nc(N(C)C)n1. The zero-order chi connectivity index (χ0) is 18.7. The molecule has 1 unspecified atom stereocenters. The van der Waals surface area contributed by atoms with Crippen LogP contribution in [-0.4, -0.2) is 39.2 Å². The van der Waals surface area contributed by atoms with Crippen molar-refractivity contribution in [2.75, 3.05) is 30.0 Å². The third kappa shape index (κ3) is 4.80. The minimum absolute atomic E-state index is 0.0364. The molecule has 0 aliphatic heterocycles. The molecule has 3 rings (SSSR count). The van der Waals surface area contributed by atoms with Crippen LogP contribution in [0.4, 0.5) is 22.7 Å². The molecule has 8 nitrogen and oxygen atoms in total. The summed E-state index contributed by atoms with van der Waals surface area (Å²) in [4.78, 5) is 14.6. The van der Waals surface area contributed by atoms with Crippen LogP contribution >= 0.6 is 39.0 Å². The molecule has 3 N–H and O–H groups in total. The van der Waals surface area contributed by atoms with E-state index in [0.29, 0.717) is 11.8 Å². The average Bonchev–Trinajstić information content (AvgIpc) is 3.01. The quantitative estimate of drug-likeness (QED) is 0.540. The maximum absolute atomic E-state index is 5.79. The minimum Gasteiger partial charge on any atom is -0.368 e. The number of nitrogens with one attached hydrogen (secondary N) is 1. The summed E-state index contributed by atoms with van der Waals surface area (Å²) in [6, 6.07) is 7.88. The summed E-state index contributed by atoms with van der Waals surface area (Å²) in [5, 5.41) is 12.3. The second-order valence-corrected chi connectivity index (χ2v) is 9.00. The maximum atomic E-state index is 5.79. The van der Waals surface area contributed by atoms with Crippen LogP contribution in [0, 0.1) is 0 Å². The first-order valence-electron chi connectivity index (χ1n) is 7.62. The van der Waals surface area contributed by atoms with E-state index < -0.39 is 0 Å². The first-order valence-corrected chi connectivity index (χ1v) is 10.1. The monoisotopic (exact) mass is 452 g/mol.